The van der Waals surface area contributed by atoms with Crippen molar-refractivity contribution in [3.8, 4) is 17.0 Å². The number of hydrogen-bond acceptors (Lipinski definition) is 5. The van der Waals surface area contributed by atoms with E-state index in [9.17, 15) is 9.50 Å². The molecule has 1 aromatic carbocycles. The number of nitrogens with one attached hydrogen (secondary N) is 1. The highest BCUT2D eigenvalue weighted by atomic mass is 19.1. The molecule has 1 aliphatic rings. The minimum absolute atomic E-state index is 0.185. The second-order valence-corrected chi connectivity index (χ2v) is 8.45. The van der Waals surface area contributed by atoms with Gasteiger partial charge in [-0.2, -0.15) is 9.61 Å². The van der Waals surface area contributed by atoms with Gasteiger partial charge in [-0.25, -0.2) is 9.37 Å². The van der Waals surface area contributed by atoms with Crippen molar-refractivity contribution in [1.29, 1.82) is 0 Å². The molecule has 3 heterocycles. The zero-order chi connectivity index (χ0) is 21.5. The Bertz CT molecular complexity index is 1270. The molecule has 0 bridgehead atoms. The van der Waals surface area contributed by atoms with Crippen LogP contribution in [0.4, 0.5) is 10.2 Å². The summed E-state index contributed by atoms with van der Waals surface area (Å²) in [5.41, 5.74) is 5.51. The zero-order valence-electron chi connectivity index (χ0n) is 17.5. The number of hydrogen-bond donors (Lipinski definition) is 2. The highest BCUT2D eigenvalue weighted by Gasteiger charge is 2.22. The van der Waals surface area contributed by atoms with Gasteiger partial charge < -0.3 is 10.4 Å². The Labute approximate surface area is 179 Å². The lowest BCUT2D eigenvalue weighted by atomic mass is 9.88. The number of aryl methyl sites for hydroxylation is 1. The van der Waals surface area contributed by atoms with Crippen LogP contribution in [-0.4, -0.2) is 30.7 Å². The summed E-state index contributed by atoms with van der Waals surface area (Å²) in [4.78, 5) is 8.77. The summed E-state index contributed by atoms with van der Waals surface area (Å²) in [5, 5.41) is 18.1. The first kappa shape index (κ1) is 19.5. The quantitative estimate of drug-likeness (QED) is 0.502. The van der Waals surface area contributed by atoms with E-state index < -0.39 is 5.82 Å². The second kappa shape index (κ2) is 7.65. The van der Waals surface area contributed by atoms with Crippen molar-refractivity contribution in [2.45, 2.75) is 45.1 Å². The van der Waals surface area contributed by atoms with Crippen LogP contribution in [0.1, 0.15) is 42.9 Å². The van der Waals surface area contributed by atoms with Gasteiger partial charge in [-0.3, -0.25) is 4.98 Å². The van der Waals surface area contributed by atoms with Crippen LogP contribution in [0.2, 0.25) is 0 Å². The van der Waals surface area contributed by atoms with E-state index in [1.54, 1.807) is 12.3 Å². The smallest absolute Gasteiger partial charge is 0.161 e. The van der Waals surface area contributed by atoms with Crippen LogP contribution in [0.25, 0.3) is 16.9 Å². The van der Waals surface area contributed by atoms with Crippen molar-refractivity contribution in [1.82, 2.24) is 19.6 Å². The zero-order valence-corrected chi connectivity index (χ0v) is 17.5. The molecule has 0 saturated heterocycles. The van der Waals surface area contributed by atoms with Crippen LogP contribution in [0.5, 0.6) is 5.75 Å². The molecular weight excluding hydrogens is 393 g/mol. The lowest BCUT2D eigenvalue weighted by Gasteiger charge is -2.26. The summed E-state index contributed by atoms with van der Waals surface area (Å²) in [6, 6.07) is 9.13. The van der Waals surface area contributed by atoms with Gasteiger partial charge in [0.1, 0.15) is 17.4 Å². The van der Waals surface area contributed by atoms with E-state index in [-0.39, 0.29) is 12.0 Å². The number of fused-ring (bicyclic) bond motifs is 2. The number of rotatable bonds is 4. The van der Waals surface area contributed by atoms with E-state index in [1.807, 2.05) is 28.9 Å². The Balaban J connectivity index is 1.56. The highest BCUT2D eigenvalue weighted by Crippen LogP contribution is 2.30. The van der Waals surface area contributed by atoms with Crippen LogP contribution in [0.3, 0.4) is 0 Å². The average molecular weight is 417 g/mol. The fourth-order valence-electron chi connectivity index (χ4n) is 4.27. The third-order valence-electron chi connectivity index (χ3n) is 5.89. The number of phenols is 1. The maximum Gasteiger partial charge on any atom is 0.161 e. The molecule has 5 rings (SSSR count). The molecule has 0 saturated carbocycles. The van der Waals surface area contributed by atoms with Crippen molar-refractivity contribution in [3.63, 3.8) is 0 Å². The minimum atomic E-state index is -0.394. The number of aromatic hydroxyl groups is 1. The summed E-state index contributed by atoms with van der Waals surface area (Å²) in [6.45, 7) is 4.21. The SMILES string of the molecule is CC(C)c1cnn2c(NC3CCc4ccc(O)cc4C3)cc(-c3cncc(F)c3)nc12. The van der Waals surface area contributed by atoms with Crippen molar-refractivity contribution in [2.24, 2.45) is 0 Å². The molecule has 0 radical (unpaired) electrons. The van der Waals surface area contributed by atoms with Crippen LogP contribution in [0.15, 0.2) is 48.9 Å². The average Bonchev–Trinajstić information content (AvgIpc) is 3.18. The largest absolute Gasteiger partial charge is 0.508 e. The van der Waals surface area contributed by atoms with E-state index in [0.29, 0.717) is 17.0 Å². The molecule has 1 atom stereocenters. The van der Waals surface area contributed by atoms with Gasteiger partial charge >= 0.3 is 0 Å². The van der Waals surface area contributed by atoms with Gasteiger partial charge in [0, 0.05) is 29.4 Å². The Hall–Kier alpha value is -3.48. The minimum Gasteiger partial charge on any atom is -0.508 e. The van der Waals surface area contributed by atoms with Gasteiger partial charge in [0.25, 0.3) is 0 Å². The van der Waals surface area contributed by atoms with E-state index in [0.717, 1.165) is 41.9 Å². The van der Waals surface area contributed by atoms with Crippen molar-refractivity contribution < 1.29 is 9.50 Å². The molecule has 1 unspecified atom stereocenters. The summed E-state index contributed by atoms with van der Waals surface area (Å²) in [6.07, 6.45) is 7.38. The van der Waals surface area contributed by atoms with Crippen molar-refractivity contribution >= 4 is 11.5 Å². The van der Waals surface area contributed by atoms with Gasteiger partial charge in [-0.05, 0) is 54.5 Å². The van der Waals surface area contributed by atoms with Crippen LogP contribution in [0, 0.1) is 5.82 Å². The van der Waals surface area contributed by atoms with Gasteiger partial charge in [0.05, 0.1) is 18.1 Å². The van der Waals surface area contributed by atoms with Gasteiger partial charge in [-0.15, -0.1) is 0 Å². The molecule has 0 spiro atoms. The Morgan fingerprint density at radius 2 is 2.00 bits per heavy atom. The molecule has 31 heavy (non-hydrogen) atoms. The van der Waals surface area contributed by atoms with Gasteiger partial charge in [0.15, 0.2) is 5.65 Å². The lowest BCUT2D eigenvalue weighted by molar-refractivity contribution is 0.472. The number of aromatic nitrogens is 4. The van der Waals surface area contributed by atoms with Gasteiger partial charge in [-0.1, -0.05) is 19.9 Å². The molecular formula is C24H24FN5O. The summed E-state index contributed by atoms with van der Waals surface area (Å²) in [7, 11) is 0. The molecule has 4 aromatic rings. The van der Waals surface area contributed by atoms with Gasteiger partial charge in [0.2, 0.25) is 0 Å². The van der Waals surface area contributed by atoms with Crippen molar-refractivity contribution in [3.05, 3.63) is 71.4 Å². The first-order valence-electron chi connectivity index (χ1n) is 10.5. The Morgan fingerprint density at radius 1 is 1.13 bits per heavy atom. The molecule has 158 valence electrons. The number of pyridine rings is 1. The number of benzene rings is 1. The molecule has 0 aliphatic heterocycles. The maximum atomic E-state index is 13.8. The van der Waals surface area contributed by atoms with Crippen LogP contribution < -0.4 is 5.32 Å². The predicted octanol–water partition coefficient (Wildman–Crippen LogP) is 4.73. The van der Waals surface area contributed by atoms with Crippen LogP contribution >= 0.6 is 0 Å². The fraction of sp³-hybridized carbons (Fsp3) is 0.292. The number of phenolic OH excluding ortho intramolecular Hbond substituents is 1. The van der Waals surface area contributed by atoms with E-state index >= 15 is 0 Å². The molecule has 3 aromatic heterocycles. The van der Waals surface area contributed by atoms with E-state index in [2.05, 4.69) is 29.2 Å². The monoisotopic (exact) mass is 417 g/mol. The first-order valence-corrected chi connectivity index (χ1v) is 10.5. The summed E-state index contributed by atoms with van der Waals surface area (Å²) in [5.74, 6) is 0.961. The van der Waals surface area contributed by atoms with Crippen molar-refractivity contribution in [2.75, 3.05) is 5.32 Å². The fourth-order valence-corrected chi connectivity index (χ4v) is 4.27. The molecule has 1 aliphatic carbocycles. The normalized spacial score (nSPS) is 15.9. The first-order chi connectivity index (χ1) is 15.0. The third-order valence-corrected chi connectivity index (χ3v) is 5.89. The molecule has 6 nitrogen and oxygen atoms in total. The number of nitrogens with zero attached hydrogens (tertiary/aromatic N) is 4. The third kappa shape index (κ3) is 3.71. The highest BCUT2D eigenvalue weighted by molar-refractivity contribution is 5.67. The molecule has 0 fully saturated rings. The Kier molecular flexibility index (Phi) is 4.81. The summed E-state index contributed by atoms with van der Waals surface area (Å²) >= 11 is 0. The second-order valence-electron chi connectivity index (χ2n) is 8.45. The summed E-state index contributed by atoms with van der Waals surface area (Å²) < 4.78 is 15.6. The molecule has 0 amide bonds. The standard InChI is InChI=1S/C24H24FN5O/c1-14(2)21-13-27-30-23(10-22(29-24(21)30)17-7-18(25)12-26-11-17)28-19-5-3-15-4-6-20(31)9-16(15)8-19/h4,6-7,9-14,19,28,31H,3,5,8H2,1-2H3. The van der Waals surface area contributed by atoms with Crippen LogP contribution in [-0.2, 0) is 12.8 Å². The predicted molar refractivity (Wildman–Crippen MR) is 118 cm³/mol. The van der Waals surface area contributed by atoms with E-state index in [4.69, 9.17) is 4.98 Å². The molecule has 7 heteroatoms. The topological polar surface area (TPSA) is 75.3 Å². The number of halogens is 1. The van der Waals surface area contributed by atoms with E-state index in [1.165, 1.54) is 17.8 Å². The number of anilines is 1. The lowest BCUT2D eigenvalue weighted by Crippen LogP contribution is -2.28. The molecule has 2 N–H and O–H groups in total. The Morgan fingerprint density at radius 3 is 2.81 bits per heavy atom. The maximum absolute atomic E-state index is 13.8.